The second-order valence-corrected chi connectivity index (χ2v) is 9.47. The van der Waals surface area contributed by atoms with E-state index in [4.69, 9.17) is 33.2 Å². The largest absolute Gasteiger partial charge is 0.467 e. The van der Waals surface area contributed by atoms with E-state index in [0.29, 0.717) is 0 Å². The number of hydrogen-bond acceptors (Lipinski definition) is 2. The van der Waals surface area contributed by atoms with E-state index < -0.39 is 11.6 Å². The van der Waals surface area contributed by atoms with Crippen LogP contribution in [-0.4, -0.2) is 18.2 Å². The monoisotopic (exact) mass is 206 g/mol. The van der Waals surface area contributed by atoms with Gasteiger partial charge in [0.2, 0.25) is 0 Å². The maximum atomic E-state index is 10.5. The van der Waals surface area contributed by atoms with Crippen LogP contribution in [0.15, 0.2) is 0 Å². The molecule has 0 radical (unpaired) electrons. The molecule has 0 bridgehead atoms. The number of hydrogen-bond donors (Lipinski definition) is 0. The summed E-state index contributed by atoms with van der Waals surface area (Å²) in [5.74, 6) is 0. The van der Waals surface area contributed by atoms with Crippen LogP contribution in [0.3, 0.4) is 0 Å². The fraction of sp³-hybridized carbons (Fsp3) is 0.667. The highest BCUT2D eigenvalue weighted by atomic mass is 35.8. The SMILES string of the molecule is CCOC(=O)[Si](Cl)(Cl)Cl. The molecule has 0 fully saturated rings. The molecule has 0 N–H and O–H groups in total. The lowest BCUT2D eigenvalue weighted by Crippen LogP contribution is -2.26. The van der Waals surface area contributed by atoms with Crippen molar-refractivity contribution in [3.63, 3.8) is 0 Å². The summed E-state index contributed by atoms with van der Waals surface area (Å²) >= 11 is 15.8. The van der Waals surface area contributed by atoms with E-state index in [1.165, 1.54) is 0 Å². The van der Waals surface area contributed by atoms with E-state index >= 15 is 0 Å². The number of carbonyl (C=O) groups is 1. The van der Waals surface area contributed by atoms with Gasteiger partial charge < -0.3 is 4.74 Å². The van der Waals surface area contributed by atoms with Crippen LogP contribution in [0.4, 0.5) is 4.79 Å². The van der Waals surface area contributed by atoms with Gasteiger partial charge >= 0.3 is 11.6 Å². The summed E-state index contributed by atoms with van der Waals surface area (Å²) in [6.07, 6.45) is 0. The maximum Gasteiger partial charge on any atom is 0.463 e. The minimum atomic E-state index is -3.23. The first-order chi connectivity index (χ1) is 3.98. The summed E-state index contributed by atoms with van der Waals surface area (Å²) in [6, 6.07) is -3.23. The lowest BCUT2D eigenvalue weighted by atomic mass is 10.9. The molecule has 0 unspecified atom stereocenters. The van der Waals surface area contributed by atoms with Gasteiger partial charge in [0.15, 0.2) is 0 Å². The number of ether oxygens (including phenoxy) is 1. The maximum absolute atomic E-state index is 10.5. The number of rotatable bonds is 2. The molecule has 0 atom stereocenters. The van der Waals surface area contributed by atoms with Gasteiger partial charge in [0.05, 0.1) is 6.61 Å². The van der Waals surface area contributed by atoms with E-state index in [9.17, 15) is 4.79 Å². The average molecular weight is 208 g/mol. The zero-order valence-electron chi connectivity index (χ0n) is 4.66. The molecule has 6 heteroatoms. The molecule has 0 aliphatic carbocycles. The van der Waals surface area contributed by atoms with Crippen molar-refractivity contribution in [2.75, 3.05) is 6.61 Å². The molecule has 54 valence electrons. The molecular formula is C3H5Cl3O2Si. The van der Waals surface area contributed by atoms with Crippen molar-refractivity contribution < 1.29 is 9.53 Å². The standard InChI is InChI=1S/C3H5Cl3O2Si/c1-2-8-3(7)9(4,5)6/h2H2,1H3. The van der Waals surface area contributed by atoms with Crippen molar-refractivity contribution in [1.29, 1.82) is 0 Å². The summed E-state index contributed by atoms with van der Waals surface area (Å²) in [5.41, 5.74) is -0.699. The smallest absolute Gasteiger partial charge is 0.463 e. The van der Waals surface area contributed by atoms with Gasteiger partial charge in [-0.25, -0.2) is 0 Å². The predicted octanol–water partition coefficient (Wildman–Crippen LogP) is 2.38. The normalized spacial score (nSPS) is 11.1. The third-order valence-corrected chi connectivity index (χ3v) is 2.50. The molecule has 0 rings (SSSR count). The summed E-state index contributed by atoms with van der Waals surface area (Å²) in [5, 5.41) is 0. The fourth-order valence-corrected chi connectivity index (χ4v) is 1.01. The highest BCUT2D eigenvalue weighted by Crippen LogP contribution is 2.21. The van der Waals surface area contributed by atoms with Gasteiger partial charge in [-0.3, -0.25) is 4.79 Å². The van der Waals surface area contributed by atoms with E-state index in [0.717, 1.165) is 0 Å². The van der Waals surface area contributed by atoms with Gasteiger partial charge in [-0.05, 0) is 6.92 Å². The summed E-state index contributed by atoms with van der Waals surface area (Å²) < 4.78 is 4.43. The summed E-state index contributed by atoms with van der Waals surface area (Å²) in [6.45, 7) is 1.91. The van der Waals surface area contributed by atoms with Gasteiger partial charge in [-0.15, -0.1) is 33.2 Å². The van der Waals surface area contributed by atoms with Gasteiger partial charge in [-0.1, -0.05) is 0 Å². The van der Waals surface area contributed by atoms with E-state index in [-0.39, 0.29) is 6.61 Å². The van der Waals surface area contributed by atoms with Gasteiger partial charge in [0.25, 0.3) is 0 Å². The zero-order chi connectivity index (χ0) is 7.49. The molecule has 2 nitrogen and oxygen atoms in total. The first kappa shape index (κ1) is 9.56. The van der Waals surface area contributed by atoms with Crippen LogP contribution >= 0.6 is 33.2 Å². The third kappa shape index (κ3) is 4.03. The summed E-state index contributed by atoms with van der Waals surface area (Å²) in [4.78, 5) is 10.5. The van der Waals surface area contributed by atoms with Crippen molar-refractivity contribution in [3.05, 3.63) is 0 Å². The molecule has 0 aromatic heterocycles. The molecule has 9 heavy (non-hydrogen) atoms. The molecule has 0 saturated carbocycles. The van der Waals surface area contributed by atoms with Crippen molar-refractivity contribution >= 4 is 44.8 Å². The Morgan fingerprint density at radius 3 is 2.11 bits per heavy atom. The van der Waals surface area contributed by atoms with E-state index in [2.05, 4.69) is 4.74 Å². The number of carbonyl (C=O) groups excluding carboxylic acids is 1. The van der Waals surface area contributed by atoms with Gasteiger partial charge in [-0.2, -0.15) is 0 Å². The molecular weight excluding hydrogens is 202 g/mol. The molecule has 0 aromatic carbocycles. The van der Waals surface area contributed by atoms with Gasteiger partial charge in [0.1, 0.15) is 0 Å². The Balaban J connectivity index is 3.74. The Morgan fingerprint density at radius 1 is 1.56 bits per heavy atom. The first-order valence-corrected chi connectivity index (χ1v) is 7.26. The lowest BCUT2D eigenvalue weighted by Gasteiger charge is -2.04. The van der Waals surface area contributed by atoms with Crippen LogP contribution in [0.5, 0.6) is 0 Å². The fourth-order valence-electron chi connectivity index (χ4n) is 0.213. The second kappa shape index (κ2) is 3.66. The molecule has 0 aliphatic heterocycles. The van der Waals surface area contributed by atoms with Crippen LogP contribution in [0.25, 0.3) is 0 Å². The first-order valence-electron chi connectivity index (χ1n) is 2.22. The molecule has 0 saturated heterocycles. The quantitative estimate of drug-likeness (QED) is 0.513. The second-order valence-electron chi connectivity index (χ2n) is 1.22. The predicted molar refractivity (Wildman–Crippen MR) is 40.3 cm³/mol. The van der Waals surface area contributed by atoms with Crippen molar-refractivity contribution in [2.45, 2.75) is 6.92 Å². The van der Waals surface area contributed by atoms with Crippen molar-refractivity contribution in [1.82, 2.24) is 0 Å². The van der Waals surface area contributed by atoms with E-state index in [1.807, 2.05) is 0 Å². The Hall–Kier alpha value is 0.557. The molecule has 0 heterocycles. The Labute approximate surface area is 68.2 Å². The van der Waals surface area contributed by atoms with Crippen LogP contribution in [0.1, 0.15) is 6.92 Å². The lowest BCUT2D eigenvalue weighted by molar-refractivity contribution is 0.178. The molecule has 0 aromatic rings. The molecule has 0 spiro atoms. The highest BCUT2D eigenvalue weighted by Gasteiger charge is 2.38. The molecule has 0 aliphatic rings. The average Bonchev–Trinajstić information content (AvgIpc) is 1.64. The van der Waals surface area contributed by atoms with Crippen LogP contribution in [0, 0.1) is 0 Å². The topological polar surface area (TPSA) is 26.3 Å². The van der Waals surface area contributed by atoms with Crippen molar-refractivity contribution in [3.8, 4) is 0 Å². The third-order valence-electron chi connectivity index (χ3n) is 0.507. The number of halogens is 3. The highest BCUT2D eigenvalue weighted by molar-refractivity contribution is 7.74. The summed E-state index contributed by atoms with van der Waals surface area (Å²) in [7, 11) is 0. The Kier molecular flexibility index (Phi) is 3.89. The Bertz CT molecular complexity index is 110. The van der Waals surface area contributed by atoms with Crippen LogP contribution in [0.2, 0.25) is 0 Å². The van der Waals surface area contributed by atoms with Gasteiger partial charge in [0, 0.05) is 0 Å². The minimum absolute atomic E-state index is 0.250. The molecule has 0 amide bonds. The van der Waals surface area contributed by atoms with Crippen molar-refractivity contribution in [2.24, 2.45) is 0 Å². The van der Waals surface area contributed by atoms with E-state index in [1.54, 1.807) is 6.92 Å². The zero-order valence-corrected chi connectivity index (χ0v) is 7.93. The minimum Gasteiger partial charge on any atom is -0.467 e. The Morgan fingerprint density at radius 2 is 2.00 bits per heavy atom. The van der Waals surface area contributed by atoms with Crippen LogP contribution < -0.4 is 0 Å². The van der Waals surface area contributed by atoms with Crippen LogP contribution in [-0.2, 0) is 4.74 Å².